The minimum Gasteiger partial charge on any atom is -0.382 e. The predicted molar refractivity (Wildman–Crippen MR) is 84.8 cm³/mol. The summed E-state index contributed by atoms with van der Waals surface area (Å²) >= 11 is 0. The number of hydrogen-bond donors (Lipinski definition) is 0. The Labute approximate surface area is 136 Å². The highest BCUT2D eigenvalue weighted by molar-refractivity contribution is 5.93. The molecular formula is C15H24N6O2. The zero-order chi connectivity index (χ0) is 16.2. The van der Waals surface area contributed by atoms with Gasteiger partial charge in [-0.15, -0.1) is 0 Å². The van der Waals surface area contributed by atoms with Gasteiger partial charge in [0, 0.05) is 39.1 Å². The smallest absolute Gasteiger partial charge is 0.266 e. The van der Waals surface area contributed by atoms with Crippen LogP contribution in [0.4, 0.5) is 0 Å². The lowest BCUT2D eigenvalue weighted by molar-refractivity contribution is -0.143. The van der Waals surface area contributed by atoms with Crippen LogP contribution >= 0.6 is 0 Å². The van der Waals surface area contributed by atoms with Crippen LogP contribution in [0.15, 0.2) is 17.8 Å². The molecule has 0 aromatic carbocycles. The second-order valence-electron chi connectivity index (χ2n) is 6.36. The molecule has 0 N–H and O–H groups in total. The minimum atomic E-state index is -0.422. The summed E-state index contributed by atoms with van der Waals surface area (Å²) in [5.41, 5.74) is 0.981. The zero-order valence-electron chi connectivity index (χ0n) is 13.8. The Bertz CT molecular complexity index is 548. The average molecular weight is 320 g/mol. The van der Waals surface area contributed by atoms with E-state index in [-0.39, 0.29) is 5.91 Å². The van der Waals surface area contributed by atoms with Crippen LogP contribution in [0.5, 0.6) is 0 Å². The minimum absolute atomic E-state index is 0.0697. The zero-order valence-corrected chi connectivity index (χ0v) is 13.8. The Morgan fingerprint density at radius 1 is 1.30 bits per heavy atom. The van der Waals surface area contributed by atoms with Gasteiger partial charge in [-0.05, 0) is 5.92 Å². The molecule has 1 amide bonds. The molecule has 2 aliphatic heterocycles. The number of carbonyl (C=O) groups excluding carboxylic acids is 1. The third-order valence-electron chi connectivity index (χ3n) is 4.43. The Balaban J connectivity index is 1.41. The molecule has 1 atom stereocenters. The van der Waals surface area contributed by atoms with Crippen molar-refractivity contribution in [2.75, 3.05) is 32.7 Å². The lowest BCUT2D eigenvalue weighted by Crippen LogP contribution is -2.52. The standard InChI is InChI=1S/C15H24N6O2/c1-12(2)13-9-14(23-18-13)15(22)20-6-3-19(4-7-20)5-8-21-11-16-10-17-21/h10-12,14H,3-9H2,1-2H3/t14-/m0/s1. The topological polar surface area (TPSA) is 75.8 Å². The molecule has 0 bridgehead atoms. The van der Waals surface area contributed by atoms with Crippen molar-refractivity contribution in [3.63, 3.8) is 0 Å². The number of carbonyl (C=O) groups is 1. The monoisotopic (exact) mass is 320 g/mol. The third kappa shape index (κ3) is 3.87. The van der Waals surface area contributed by atoms with E-state index in [4.69, 9.17) is 4.84 Å². The average Bonchev–Trinajstić information content (AvgIpc) is 3.24. The Morgan fingerprint density at radius 2 is 2.09 bits per heavy atom. The van der Waals surface area contributed by atoms with E-state index in [9.17, 15) is 4.79 Å². The first-order chi connectivity index (χ1) is 11.1. The molecule has 0 radical (unpaired) electrons. The van der Waals surface area contributed by atoms with Gasteiger partial charge in [0.25, 0.3) is 5.91 Å². The lowest BCUT2D eigenvalue weighted by atomic mass is 10.0. The summed E-state index contributed by atoms with van der Waals surface area (Å²) in [4.78, 5) is 26.0. The van der Waals surface area contributed by atoms with E-state index in [2.05, 4.69) is 34.0 Å². The summed E-state index contributed by atoms with van der Waals surface area (Å²) in [6, 6.07) is 0. The maximum atomic E-state index is 12.5. The molecule has 1 aromatic rings. The number of hydrogen-bond acceptors (Lipinski definition) is 6. The Hall–Kier alpha value is -1.96. The first-order valence-corrected chi connectivity index (χ1v) is 8.19. The number of rotatable bonds is 5. The van der Waals surface area contributed by atoms with Crippen molar-refractivity contribution in [1.82, 2.24) is 24.6 Å². The summed E-state index contributed by atoms with van der Waals surface area (Å²) in [6.45, 7) is 9.14. The number of oxime groups is 1. The van der Waals surface area contributed by atoms with Crippen LogP contribution in [-0.2, 0) is 16.2 Å². The van der Waals surface area contributed by atoms with Crippen LogP contribution in [0.2, 0.25) is 0 Å². The maximum Gasteiger partial charge on any atom is 0.266 e. The molecule has 126 valence electrons. The number of aromatic nitrogens is 3. The van der Waals surface area contributed by atoms with E-state index in [1.807, 2.05) is 9.58 Å². The predicted octanol–water partition coefficient (Wildman–Crippen LogP) is 0.223. The third-order valence-corrected chi connectivity index (χ3v) is 4.43. The molecule has 1 aromatic heterocycles. The molecule has 23 heavy (non-hydrogen) atoms. The van der Waals surface area contributed by atoms with Gasteiger partial charge in [0.1, 0.15) is 12.7 Å². The second-order valence-corrected chi connectivity index (χ2v) is 6.36. The van der Waals surface area contributed by atoms with Crippen molar-refractivity contribution in [2.45, 2.75) is 32.9 Å². The first kappa shape index (κ1) is 15.9. The van der Waals surface area contributed by atoms with Crippen LogP contribution < -0.4 is 0 Å². The molecule has 8 heteroatoms. The summed E-state index contributed by atoms with van der Waals surface area (Å²) < 4.78 is 1.83. The first-order valence-electron chi connectivity index (χ1n) is 8.19. The van der Waals surface area contributed by atoms with Gasteiger partial charge >= 0.3 is 0 Å². The van der Waals surface area contributed by atoms with E-state index in [0.29, 0.717) is 12.3 Å². The fourth-order valence-electron chi connectivity index (χ4n) is 2.86. The molecule has 0 saturated carbocycles. The quantitative estimate of drug-likeness (QED) is 0.776. The van der Waals surface area contributed by atoms with Gasteiger partial charge in [0.15, 0.2) is 0 Å². The molecular weight excluding hydrogens is 296 g/mol. The fraction of sp³-hybridized carbons (Fsp3) is 0.733. The molecule has 0 aliphatic carbocycles. The second kappa shape index (κ2) is 7.08. The molecule has 0 spiro atoms. The van der Waals surface area contributed by atoms with Crippen molar-refractivity contribution in [3.05, 3.63) is 12.7 Å². The highest BCUT2D eigenvalue weighted by atomic mass is 16.6. The highest BCUT2D eigenvalue weighted by Gasteiger charge is 2.33. The SMILES string of the molecule is CC(C)C1=NO[C@H](C(=O)N2CCN(CCn3cncn3)CC2)C1. The Morgan fingerprint density at radius 3 is 2.70 bits per heavy atom. The maximum absolute atomic E-state index is 12.5. The van der Waals surface area contributed by atoms with Crippen LogP contribution in [0.25, 0.3) is 0 Å². The van der Waals surface area contributed by atoms with Crippen molar-refractivity contribution in [2.24, 2.45) is 11.1 Å². The molecule has 1 fully saturated rings. The lowest BCUT2D eigenvalue weighted by Gasteiger charge is -2.35. The van der Waals surface area contributed by atoms with E-state index in [1.54, 1.807) is 12.7 Å². The van der Waals surface area contributed by atoms with E-state index < -0.39 is 6.10 Å². The van der Waals surface area contributed by atoms with Crippen LogP contribution in [0.3, 0.4) is 0 Å². The van der Waals surface area contributed by atoms with Gasteiger partial charge < -0.3 is 9.74 Å². The van der Waals surface area contributed by atoms with Crippen LogP contribution in [-0.4, -0.2) is 75.0 Å². The summed E-state index contributed by atoms with van der Waals surface area (Å²) in [7, 11) is 0. The molecule has 8 nitrogen and oxygen atoms in total. The molecule has 0 unspecified atom stereocenters. The van der Waals surface area contributed by atoms with Crippen LogP contribution in [0.1, 0.15) is 20.3 Å². The van der Waals surface area contributed by atoms with E-state index >= 15 is 0 Å². The summed E-state index contributed by atoms with van der Waals surface area (Å²) in [5.74, 6) is 0.404. The van der Waals surface area contributed by atoms with E-state index in [0.717, 1.165) is 45.0 Å². The van der Waals surface area contributed by atoms with Crippen molar-refractivity contribution < 1.29 is 9.63 Å². The van der Waals surface area contributed by atoms with Crippen molar-refractivity contribution in [1.29, 1.82) is 0 Å². The number of piperazine rings is 1. The van der Waals surface area contributed by atoms with Gasteiger partial charge in [-0.2, -0.15) is 5.10 Å². The molecule has 3 heterocycles. The summed E-state index contributed by atoms with van der Waals surface area (Å²) in [5, 5.41) is 8.15. The Kier molecular flexibility index (Phi) is 4.90. The molecule has 1 saturated heterocycles. The van der Waals surface area contributed by atoms with Gasteiger partial charge in [0.05, 0.1) is 12.3 Å². The van der Waals surface area contributed by atoms with E-state index in [1.165, 1.54) is 0 Å². The van der Waals surface area contributed by atoms with Gasteiger partial charge in [0.2, 0.25) is 6.10 Å². The number of nitrogens with zero attached hydrogens (tertiary/aromatic N) is 6. The van der Waals surface area contributed by atoms with Gasteiger partial charge in [-0.25, -0.2) is 4.98 Å². The highest BCUT2D eigenvalue weighted by Crippen LogP contribution is 2.18. The normalized spacial score (nSPS) is 22.3. The summed E-state index contributed by atoms with van der Waals surface area (Å²) in [6.07, 6.45) is 3.48. The van der Waals surface area contributed by atoms with Crippen molar-refractivity contribution in [3.8, 4) is 0 Å². The number of amides is 1. The largest absolute Gasteiger partial charge is 0.382 e. The van der Waals surface area contributed by atoms with Gasteiger partial charge in [-0.1, -0.05) is 19.0 Å². The molecule has 3 rings (SSSR count). The van der Waals surface area contributed by atoms with Crippen molar-refractivity contribution >= 4 is 11.6 Å². The fourth-order valence-corrected chi connectivity index (χ4v) is 2.86. The molecule has 2 aliphatic rings. The van der Waals surface area contributed by atoms with Crippen LogP contribution in [0, 0.1) is 5.92 Å². The van der Waals surface area contributed by atoms with Gasteiger partial charge in [-0.3, -0.25) is 14.4 Å².